The third-order valence-corrected chi connectivity index (χ3v) is 6.51. The molecule has 0 aromatic heterocycles. The average molecular weight is 327 g/mol. The van der Waals surface area contributed by atoms with Crippen molar-refractivity contribution in [3.63, 3.8) is 0 Å². The van der Waals surface area contributed by atoms with Gasteiger partial charge < -0.3 is 23.9 Å². The highest BCUT2D eigenvalue weighted by molar-refractivity contribution is 6.60. The number of hydrogen-bond donors (Lipinski definition) is 2. The molecule has 0 aliphatic rings. The van der Waals surface area contributed by atoms with Crippen LogP contribution in [0.25, 0.3) is 0 Å². The second kappa shape index (κ2) is 11.8. The summed E-state index contributed by atoms with van der Waals surface area (Å²) in [7, 11) is 2.58. The minimum atomic E-state index is -2.39. The van der Waals surface area contributed by atoms with Gasteiger partial charge in [-0.05, 0) is 31.5 Å². The fourth-order valence-electron chi connectivity index (χ4n) is 2.29. The predicted molar refractivity (Wildman–Crippen MR) is 92.1 cm³/mol. The van der Waals surface area contributed by atoms with E-state index in [1.165, 1.54) is 5.56 Å². The molecule has 0 atom stereocenters. The van der Waals surface area contributed by atoms with Crippen LogP contribution in [0.3, 0.4) is 0 Å². The second-order valence-electron chi connectivity index (χ2n) is 5.13. The summed E-state index contributed by atoms with van der Waals surface area (Å²) in [4.78, 5) is 0. The van der Waals surface area contributed by atoms with Crippen molar-refractivity contribution in [2.75, 3.05) is 47.5 Å². The van der Waals surface area contributed by atoms with E-state index in [9.17, 15) is 0 Å². The smallest absolute Gasteiger partial charge is 0.377 e. The van der Waals surface area contributed by atoms with Gasteiger partial charge in [-0.2, -0.15) is 0 Å². The van der Waals surface area contributed by atoms with Crippen LogP contribution in [0.5, 0.6) is 0 Å². The lowest BCUT2D eigenvalue weighted by Crippen LogP contribution is -2.43. The number of rotatable bonds is 13. The topological polar surface area (TPSA) is 51.8 Å². The lowest BCUT2D eigenvalue weighted by atomic mass is 10.1. The van der Waals surface area contributed by atoms with Crippen LogP contribution >= 0.6 is 0 Å². The Bertz CT molecular complexity index is 367. The van der Waals surface area contributed by atoms with Gasteiger partial charge in [0.25, 0.3) is 0 Å². The maximum absolute atomic E-state index is 5.39. The summed E-state index contributed by atoms with van der Waals surface area (Å²) in [5.41, 5.74) is 1.38. The molecule has 0 heterocycles. The highest BCUT2D eigenvalue weighted by Gasteiger charge is 2.36. The highest BCUT2D eigenvalue weighted by atomic mass is 28.4. The molecular formula is C16H30N2O3Si. The Kier molecular flexibility index (Phi) is 10.3. The van der Waals surface area contributed by atoms with Gasteiger partial charge in [-0.25, -0.2) is 0 Å². The van der Waals surface area contributed by atoms with E-state index in [4.69, 9.17) is 13.3 Å². The standard InChI is InChI=1S/C16H30N2O3Si/c1-19-22(20-2,21-3)15-7-11-17-13-14-18-12-10-16-8-5-4-6-9-16/h4-6,8-9,17-18H,7,10-15H2,1-3H3. The molecule has 0 bridgehead atoms. The molecule has 0 fully saturated rings. The molecule has 0 radical (unpaired) electrons. The van der Waals surface area contributed by atoms with Gasteiger partial charge in [-0.3, -0.25) is 0 Å². The van der Waals surface area contributed by atoms with Gasteiger partial charge in [0.2, 0.25) is 0 Å². The largest absolute Gasteiger partial charge is 0.500 e. The Morgan fingerprint density at radius 1 is 0.818 bits per heavy atom. The summed E-state index contributed by atoms with van der Waals surface area (Å²) in [5.74, 6) is 0. The summed E-state index contributed by atoms with van der Waals surface area (Å²) >= 11 is 0. The summed E-state index contributed by atoms with van der Waals surface area (Å²) in [6, 6.07) is 11.4. The van der Waals surface area contributed by atoms with E-state index in [2.05, 4.69) is 41.0 Å². The predicted octanol–water partition coefficient (Wildman–Crippen LogP) is 1.68. The summed E-state index contributed by atoms with van der Waals surface area (Å²) < 4.78 is 16.2. The molecule has 0 spiro atoms. The van der Waals surface area contributed by atoms with E-state index in [1.807, 2.05) is 0 Å². The van der Waals surface area contributed by atoms with Crippen LogP contribution in [-0.2, 0) is 19.7 Å². The Labute approximate surface area is 135 Å². The molecule has 6 heteroatoms. The van der Waals surface area contributed by atoms with Crippen molar-refractivity contribution in [2.24, 2.45) is 0 Å². The molecule has 0 aliphatic heterocycles. The van der Waals surface area contributed by atoms with Gasteiger partial charge >= 0.3 is 8.80 Å². The lowest BCUT2D eigenvalue weighted by Gasteiger charge is -2.24. The number of benzene rings is 1. The fraction of sp³-hybridized carbons (Fsp3) is 0.625. The normalized spacial score (nSPS) is 11.8. The molecule has 22 heavy (non-hydrogen) atoms. The Morgan fingerprint density at radius 2 is 1.41 bits per heavy atom. The minimum Gasteiger partial charge on any atom is -0.377 e. The lowest BCUT2D eigenvalue weighted by molar-refractivity contribution is 0.123. The third-order valence-electron chi connectivity index (χ3n) is 3.68. The van der Waals surface area contributed by atoms with Crippen LogP contribution in [0.1, 0.15) is 12.0 Å². The molecular weight excluding hydrogens is 296 g/mol. The maximum Gasteiger partial charge on any atom is 0.500 e. The second-order valence-corrected chi connectivity index (χ2v) is 8.23. The van der Waals surface area contributed by atoms with Gasteiger partial charge in [0, 0.05) is 40.5 Å². The summed E-state index contributed by atoms with van der Waals surface area (Å²) in [6.07, 6.45) is 2.07. The maximum atomic E-state index is 5.39. The van der Waals surface area contributed by atoms with Crippen molar-refractivity contribution in [1.29, 1.82) is 0 Å². The van der Waals surface area contributed by atoms with E-state index in [0.29, 0.717) is 0 Å². The van der Waals surface area contributed by atoms with E-state index in [0.717, 1.165) is 45.1 Å². The monoisotopic (exact) mass is 326 g/mol. The SMILES string of the molecule is CO[Si](CCCNCCNCCc1ccccc1)(OC)OC. The Morgan fingerprint density at radius 3 is 2.00 bits per heavy atom. The van der Waals surface area contributed by atoms with Crippen molar-refractivity contribution in [3.8, 4) is 0 Å². The van der Waals surface area contributed by atoms with Crippen LogP contribution < -0.4 is 10.6 Å². The highest BCUT2D eigenvalue weighted by Crippen LogP contribution is 2.14. The zero-order chi connectivity index (χ0) is 16.1. The van der Waals surface area contributed by atoms with E-state index < -0.39 is 8.80 Å². The number of hydrogen-bond acceptors (Lipinski definition) is 5. The molecule has 0 amide bonds. The van der Waals surface area contributed by atoms with Gasteiger partial charge in [-0.1, -0.05) is 30.3 Å². The van der Waals surface area contributed by atoms with Crippen molar-refractivity contribution < 1.29 is 13.3 Å². The molecule has 2 N–H and O–H groups in total. The molecule has 126 valence electrons. The van der Waals surface area contributed by atoms with E-state index >= 15 is 0 Å². The first-order valence-corrected chi connectivity index (χ1v) is 9.80. The van der Waals surface area contributed by atoms with Crippen LogP contribution in [0.15, 0.2) is 30.3 Å². The first-order chi connectivity index (χ1) is 10.8. The molecule has 0 saturated carbocycles. The van der Waals surface area contributed by atoms with Crippen molar-refractivity contribution in [2.45, 2.75) is 18.9 Å². The van der Waals surface area contributed by atoms with Crippen LogP contribution in [0.2, 0.25) is 6.04 Å². The first-order valence-electron chi connectivity index (χ1n) is 7.87. The van der Waals surface area contributed by atoms with Crippen molar-refractivity contribution >= 4 is 8.80 Å². The third kappa shape index (κ3) is 7.48. The summed E-state index contributed by atoms with van der Waals surface area (Å²) in [5, 5.41) is 6.87. The molecule has 0 unspecified atom stereocenters. The van der Waals surface area contributed by atoms with E-state index in [-0.39, 0.29) is 0 Å². The summed E-state index contributed by atoms with van der Waals surface area (Å²) in [6.45, 7) is 3.91. The fourth-order valence-corrected chi connectivity index (χ4v) is 4.01. The minimum absolute atomic E-state index is 0.838. The van der Waals surface area contributed by atoms with Gasteiger partial charge in [0.05, 0.1) is 0 Å². The molecule has 1 aromatic carbocycles. The van der Waals surface area contributed by atoms with Crippen LogP contribution in [0, 0.1) is 0 Å². The zero-order valence-corrected chi connectivity index (χ0v) is 15.1. The van der Waals surface area contributed by atoms with Gasteiger partial charge in [0.1, 0.15) is 0 Å². The van der Waals surface area contributed by atoms with E-state index in [1.54, 1.807) is 21.3 Å². The molecule has 0 saturated heterocycles. The molecule has 5 nitrogen and oxygen atoms in total. The van der Waals surface area contributed by atoms with Gasteiger partial charge in [-0.15, -0.1) is 0 Å². The van der Waals surface area contributed by atoms with Crippen molar-refractivity contribution in [1.82, 2.24) is 10.6 Å². The van der Waals surface area contributed by atoms with Gasteiger partial charge in [0.15, 0.2) is 0 Å². The molecule has 0 aliphatic carbocycles. The van der Waals surface area contributed by atoms with Crippen LogP contribution in [-0.4, -0.2) is 56.3 Å². The van der Waals surface area contributed by atoms with Crippen molar-refractivity contribution in [3.05, 3.63) is 35.9 Å². The Hall–Kier alpha value is -0.763. The molecule has 1 aromatic rings. The zero-order valence-electron chi connectivity index (χ0n) is 14.1. The average Bonchev–Trinajstić information content (AvgIpc) is 2.58. The first kappa shape index (κ1) is 19.3. The Balaban J connectivity index is 1.95. The quantitative estimate of drug-likeness (QED) is 0.427. The van der Waals surface area contributed by atoms with Crippen LogP contribution in [0.4, 0.5) is 0 Å². The molecule has 1 rings (SSSR count). The number of nitrogens with one attached hydrogen (secondary N) is 2.